The molecule has 0 bridgehead atoms. The number of urea groups is 1. The van der Waals surface area contributed by atoms with Gasteiger partial charge in [-0.2, -0.15) is 0 Å². The molecule has 0 aliphatic rings. The number of aromatic nitrogens is 1. The van der Waals surface area contributed by atoms with Gasteiger partial charge in [-0.15, -0.1) is 12.4 Å². The predicted octanol–water partition coefficient (Wildman–Crippen LogP) is 6.34. The number of likely N-dealkylation sites (N-methyl/N-ethyl adjacent to an activating group) is 1. The maximum absolute atomic E-state index is 13.3. The first-order valence-corrected chi connectivity index (χ1v) is 13.4. The molecule has 0 fully saturated rings. The Morgan fingerprint density at radius 3 is 2.29 bits per heavy atom. The van der Waals surface area contributed by atoms with Crippen LogP contribution in [0.1, 0.15) is 21.6 Å². The van der Waals surface area contributed by atoms with E-state index in [9.17, 15) is 14.4 Å². The molecule has 0 saturated carbocycles. The lowest BCUT2D eigenvalue weighted by Gasteiger charge is -2.24. The SMILES string of the molecule is Cc1nc2ccccc2c(N(C)C(=O)CNC(=O)Nc2cccc(C(=O)N(C)C)c2)c1OCc1c(Cl)cccc1Cl.Cl. The molecule has 0 aliphatic carbocycles. The fraction of sp³-hybridized carbons (Fsp3) is 0.200. The van der Waals surface area contributed by atoms with Gasteiger partial charge in [-0.1, -0.05) is 53.5 Å². The van der Waals surface area contributed by atoms with E-state index in [1.807, 2.05) is 24.3 Å². The Bertz CT molecular complexity index is 1610. The lowest BCUT2D eigenvalue weighted by molar-refractivity contribution is -0.117. The molecule has 42 heavy (non-hydrogen) atoms. The van der Waals surface area contributed by atoms with Crippen molar-refractivity contribution < 1.29 is 19.1 Å². The molecule has 1 heterocycles. The number of halogens is 3. The summed E-state index contributed by atoms with van der Waals surface area (Å²) in [6.45, 7) is 1.55. The average Bonchev–Trinajstić information content (AvgIpc) is 2.95. The third kappa shape index (κ3) is 7.42. The smallest absolute Gasteiger partial charge is 0.319 e. The molecule has 9 nitrogen and oxygen atoms in total. The number of rotatable bonds is 8. The largest absolute Gasteiger partial charge is 0.485 e. The van der Waals surface area contributed by atoms with Gasteiger partial charge in [0.2, 0.25) is 5.91 Å². The van der Waals surface area contributed by atoms with Crippen LogP contribution in [-0.2, 0) is 11.4 Å². The van der Waals surface area contributed by atoms with Crippen molar-refractivity contribution in [1.82, 2.24) is 15.2 Å². The van der Waals surface area contributed by atoms with Gasteiger partial charge in [0.15, 0.2) is 5.75 Å². The third-order valence-corrected chi connectivity index (χ3v) is 7.01. The number of benzene rings is 3. The number of carbonyl (C=O) groups is 3. The summed E-state index contributed by atoms with van der Waals surface area (Å²) >= 11 is 12.7. The Kier molecular flexibility index (Phi) is 11.0. The van der Waals surface area contributed by atoms with Gasteiger partial charge in [0.05, 0.1) is 23.4 Å². The lowest BCUT2D eigenvalue weighted by Crippen LogP contribution is -2.40. The Balaban J connectivity index is 0.00000484. The molecule has 4 aromatic rings. The number of nitrogens with one attached hydrogen (secondary N) is 2. The summed E-state index contributed by atoms with van der Waals surface area (Å²) in [5, 5.41) is 6.85. The molecule has 4 rings (SSSR count). The maximum atomic E-state index is 13.3. The summed E-state index contributed by atoms with van der Waals surface area (Å²) in [6, 6.07) is 18.5. The van der Waals surface area contributed by atoms with Crippen molar-refractivity contribution in [2.24, 2.45) is 0 Å². The van der Waals surface area contributed by atoms with Crippen LogP contribution in [0.2, 0.25) is 10.0 Å². The molecule has 0 spiro atoms. The molecule has 1 aromatic heterocycles. The molecule has 0 unspecified atom stereocenters. The first-order valence-electron chi connectivity index (χ1n) is 12.6. The standard InChI is InChI=1S/C30H29Cl2N5O4.ClH/c1-18-28(41-17-22-23(31)12-8-13-24(22)32)27(21-11-5-6-14-25(21)34-18)37(4)26(38)16-33-30(40)35-20-10-7-9-19(15-20)29(39)36(2)3;/h5-15H,16-17H2,1-4H3,(H2,33,35,40);1H. The van der Waals surface area contributed by atoms with Gasteiger partial charge >= 0.3 is 6.03 Å². The number of hydrogen-bond acceptors (Lipinski definition) is 5. The number of pyridine rings is 1. The molecule has 3 aromatic carbocycles. The predicted molar refractivity (Wildman–Crippen MR) is 169 cm³/mol. The second-order valence-corrected chi connectivity index (χ2v) is 10.2. The summed E-state index contributed by atoms with van der Waals surface area (Å²) in [6.07, 6.45) is 0. The van der Waals surface area contributed by atoms with Crippen LogP contribution in [0, 0.1) is 6.92 Å². The lowest BCUT2D eigenvalue weighted by atomic mass is 10.1. The van der Waals surface area contributed by atoms with E-state index in [1.165, 1.54) is 9.80 Å². The number of nitrogens with zero attached hydrogens (tertiary/aromatic N) is 3. The van der Waals surface area contributed by atoms with Crippen LogP contribution in [0.3, 0.4) is 0 Å². The Morgan fingerprint density at radius 1 is 0.929 bits per heavy atom. The fourth-order valence-corrected chi connectivity index (χ4v) is 4.69. The number of anilines is 2. The maximum Gasteiger partial charge on any atom is 0.319 e. The average molecular weight is 631 g/mol. The van der Waals surface area contributed by atoms with Crippen molar-refractivity contribution >= 4 is 75.7 Å². The van der Waals surface area contributed by atoms with Crippen LogP contribution in [0.5, 0.6) is 5.75 Å². The highest BCUT2D eigenvalue weighted by Crippen LogP contribution is 2.38. The van der Waals surface area contributed by atoms with Crippen molar-refractivity contribution in [2.75, 3.05) is 37.9 Å². The Labute approximate surface area is 260 Å². The Morgan fingerprint density at radius 2 is 1.60 bits per heavy atom. The molecular weight excluding hydrogens is 601 g/mol. The highest BCUT2D eigenvalue weighted by molar-refractivity contribution is 6.36. The van der Waals surface area contributed by atoms with E-state index in [-0.39, 0.29) is 31.5 Å². The zero-order chi connectivity index (χ0) is 29.7. The highest BCUT2D eigenvalue weighted by atomic mass is 35.5. The first-order chi connectivity index (χ1) is 19.6. The van der Waals surface area contributed by atoms with E-state index in [4.69, 9.17) is 27.9 Å². The van der Waals surface area contributed by atoms with Crippen LogP contribution in [0.15, 0.2) is 66.7 Å². The monoisotopic (exact) mass is 629 g/mol. The van der Waals surface area contributed by atoms with E-state index in [0.29, 0.717) is 54.9 Å². The number of aryl methyl sites for hydroxylation is 1. The van der Waals surface area contributed by atoms with Gasteiger partial charge in [0.25, 0.3) is 5.91 Å². The van der Waals surface area contributed by atoms with Crippen LogP contribution in [0.25, 0.3) is 10.9 Å². The van der Waals surface area contributed by atoms with Crippen molar-refractivity contribution in [1.29, 1.82) is 0 Å². The zero-order valence-electron chi connectivity index (χ0n) is 23.4. The third-order valence-electron chi connectivity index (χ3n) is 6.30. The summed E-state index contributed by atoms with van der Waals surface area (Å²) in [7, 11) is 4.90. The van der Waals surface area contributed by atoms with Crippen molar-refractivity contribution in [2.45, 2.75) is 13.5 Å². The summed E-state index contributed by atoms with van der Waals surface area (Å²) < 4.78 is 6.19. The highest BCUT2D eigenvalue weighted by Gasteiger charge is 2.23. The van der Waals surface area contributed by atoms with Crippen LogP contribution < -0.4 is 20.3 Å². The Hall–Kier alpha value is -4.05. The minimum atomic E-state index is -0.596. The summed E-state index contributed by atoms with van der Waals surface area (Å²) in [5.74, 6) is -0.198. The number of fused-ring (bicyclic) bond motifs is 1. The first kappa shape index (κ1) is 32.5. The van der Waals surface area contributed by atoms with Crippen molar-refractivity contribution in [3.63, 3.8) is 0 Å². The molecule has 0 saturated heterocycles. The van der Waals surface area contributed by atoms with E-state index < -0.39 is 11.9 Å². The van der Waals surface area contributed by atoms with Gasteiger partial charge in [-0.25, -0.2) is 9.78 Å². The van der Waals surface area contributed by atoms with E-state index >= 15 is 0 Å². The molecule has 2 N–H and O–H groups in total. The van der Waals surface area contributed by atoms with Crippen molar-refractivity contribution in [3.8, 4) is 5.75 Å². The molecule has 220 valence electrons. The van der Waals surface area contributed by atoms with Gasteiger partial charge in [-0.3, -0.25) is 9.59 Å². The summed E-state index contributed by atoms with van der Waals surface area (Å²) in [5.41, 5.74) is 3.20. The number of carbonyl (C=O) groups excluding carboxylic acids is 3. The molecular formula is C30H30Cl3N5O4. The topological polar surface area (TPSA) is 104 Å². The minimum absolute atomic E-state index is 0. The number of hydrogen-bond donors (Lipinski definition) is 2. The molecule has 0 radical (unpaired) electrons. The van der Waals surface area contributed by atoms with E-state index in [2.05, 4.69) is 15.6 Å². The molecule has 0 atom stereocenters. The number of para-hydroxylation sites is 1. The quantitative estimate of drug-likeness (QED) is 0.237. The second-order valence-electron chi connectivity index (χ2n) is 9.42. The normalized spacial score (nSPS) is 10.4. The van der Waals surface area contributed by atoms with Crippen LogP contribution in [-0.4, -0.2) is 55.4 Å². The van der Waals surface area contributed by atoms with Gasteiger partial charge in [0, 0.05) is 53.4 Å². The fourth-order valence-electron chi connectivity index (χ4n) is 4.18. The van der Waals surface area contributed by atoms with Crippen LogP contribution in [0.4, 0.5) is 16.2 Å². The molecule has 0 aliphatic heterocycles. The van der Waals surface area contributed by atoms with E-state index in [0.717, 1.165) is 0 Å². The molecule has 12 heteroatoms. The number of amides is 4. The second kappa shape index (κ2) is 14.2. The van der Waals surface area contributed by atoms with Crippen LogP contribution >= 0.6 is 35.6 Å². The van der Waals surface area contributed by atoms with Gasteiger partial charge in [-0.05, 0) is 43.3 Å². The van der Waals surface area contributed by atoms with Gasteiger partial charge < -0.3 is 25.2 Å². The zero-order valence-corrected chi connectivity index (χ0v) is 25.7. The summed E-state index contributed by atoms with van der Waals surface area (Å²) in [4.78, 5) is 45.7. The van der Waals surface area contributed by atoms with E-state index in [1.54, 1.807) is 70.5 Å². The molecule has 4 amide bonds. The minimum Gasteiger partial charge on any atom is -0.485 e. The van der Waals surface area contributed by atoms with Gasteiger partial charge in [0.1, 0.15) is 6.61 Å². The van der Waals surface area contributed by atoms with Crippen molar-refractivity contribution in [3.05, 3.63) is 93.6 Å². The number of ether oxygens (including phenoxy) is 1.